The average Bonchev–Trinajstić information content (AvgIpc) is 2.94. The summed E-state index contributed by atoms with van der Waals surface area (Å²) >= 11 is 4.94. The van der Waals surface area contributed by atoms with Crippen molar-refractivity contribution >= 4 is 17.9 Å². The fourth-order valence-corrected chi connectivity index (χ4v) is 2.58. The van der Waals surface area contributed by atoms with E-state index in [2.05, 4.69) is 15.5 Å². The van der Waals surface area contributed by atoms with E-state index in [4.69, 9.17) is 12.2 Å². The molecule has 0 radical (unpaired) electrons. The van der Waals surface area contributed by atoms with Crippen molar-refractivity contribution in [2.45, 2.75) is 12.5 Å². The van der Waals surface area contributed by atoms with Gasteiger partial charge in [0.1, 0.15) is 11.3 Å². The zero-order valence-corrected chi connectivity index (χ0v) is 12.5. The molecule has 2 heterocycles. The lowest BCUT2D eigenvalue weighted by molar-refractivity contribution is 0.419. The van der Waals surface area contributed by atoms with Crippen molar-refractivity contribution in [1.29, 1.82) is 0 Å². The largest absolute Gasteiger partial charge is 0.508 e. The Bertz CT molecular complexity index is 884. The van der Waals surface area contributed by atoms with Gasteiger partial charge in [0.15, 0.2) is 4.77 Å². The Kier molecular flexibility index (Phi) is 3.45. The SMILES string of the molecule is Cn1c(O)c(C2=NNC(c3cccc(O)c3)C2)c(=O)[nH]c1=S. The molecule has 1 unspecified atom stereocenters. The van der Waals surface area contributed by atoms with Crippen molar-refractivity contribution in [3.63, 3.8) is 0 Å². The molecule has 114 valence electrons. The summed E-state index contributed by atoms with van der Waals surface area (Å²) in [5.41, 5.74) is 3.83. The van der Waals surface area contributed by atoms with Crippen LogP contribution in [0, 0.1) is 4.77 Å². The summed E-state index contributed by atoms with van der Waals surface area (Å²) in [6.45, 7) is 0. The van der Waals surface area contributed by atoms with Gasteiger partial charge in [-0.25, -0.2) is 0 Å². The number of rotatable bonds is 2. The van der Waals surface area contributed by atoms with E-state index in [1.54, 1.807) is 25.2 Å². The standard InChI is InChI=1S/C14H14N4O3S/c1-18-13(21)11(12(20)15-14(18)22)10-6-9(16-17-10)7-3-2-4-8(19)5-7/h2-5,9,16,19,21H,6H2,1H3,(H,15,20,22). The van der Waals surface area contributed by atoms with Gasteiger partial charge in [-0.2, -0.15) is 5.10 Å². The second kappa shape index (κ2) is 5.30. The van der Waals surface area contributed by atoms with Gasteiger partial charge in [-0.15, -0.1) is 0 Å². The molecule has 1 aliphatic heterocycles. The second-order valence-electron chi connectivity index (χ2n) is 5.06. The van der Waals surface area contributed by atoms with E-state index in [0.29, 0.717) is 12.1 Å². The molecule has 1 atom stereocenters. The summed E-state index contributed by atoms with van der Waals surface area (Å²) in [6, 6.07) is 6.63. The number of phenols is 1. The highest BCUT2D eigenvalue weighted by Gasteiger charge is 2.26. The van der Waals surface area contributed by atoms with Crippen LogP contribution in [0.2, 0.25) is 0 Å². The molecule has 0 amide bonds. The lowest BCUT2D eigenvalue weighted by atomic mass is 10.00. The second-order valence-corrected chi connectivity index (χ2v) is 5.44. The van der Waals surface area contributed by atoms with E-state index in [1.807, 2.05) is 6.07 Å². The molecule has 0 fully saturated rings. The molecule has 1 aromatic carbocycles. The Morgan fingerprint density at radius 2 is 2.18 bits per heavy atom. The molecule has 2 aromatic rings. The van der Waals surface area contributed by atoms with Crippen molar-refractivity contribution in [2.75, 3.05) is 0 Å². The number of hydrogen-bond donors (Lipinski definition) is 4. The highest BCUT2D eigenvalue weighted by molar-refractivity contribution is 7.71. The number of benzene rings is 1. The third-order valence-electron chi connectivity index (χ3n) is 3.61. The number of aromatic amines is 1. The number of hydrogen-bond acceptors (Lipinski definition) is 6. The van der Waals surface area contributed by atoms with Gasteiger partial charge in [-0.1, -0.05) is 12.1 Å². The van der Waals surface area contributed by atoms with Gasteiger partial charge < -0.3 is 15.6 Å². The number of nitrogens with one attached hydrogen (secondary N) is 2. The Balaban J connectivity index is 1.95. The number of aromatic nitrogens is 2. The zero-order chi connectivity index (χ0) is 15.9. The van der Waals surface area contributed by atoms with Crippen LogP contribution >= 0.6 is 12.2 Å². The minimum Gasteiger partial charge on any atom is -0.508 e. The quantitative estimate of drug-likeness (QED) is 0.625. The molecule has 7 nitrogen and oxygen atoms in total. The highest BCUT2D eigenvalue weighted by atomic mass is 32.1. The van der Waals surface area contributed by atoms with Crippen LogP contribution in [0.4, 0.5) is 0 Å². The predicted octanol–water partition coefficient (Wildman–Crippen LogP) is 1.29. The lowest BCUT2D eigenvalue weighted by Crippen LogP contribution is -2.21. The van der Waals surface area contributed by atoms with Gasteiger partial charge >= 0.3 is 0 Å². The number of nitrogens with zero attached hydrogens (tertiary/aromatic N) is 2. The van der Waals surface area contributed by atoms with Crippen LogP contribution in [-0.4, -0.2) is 25.5 Å². The number of H-pyrrole nitrogens is 1. The first kappa shape index (κ1) is 14.3. The lowest BCUT2D eigenvalue weighted by Gasteiger charge is -2.11. The first-order valence-electron chi connectivity index (χ1n) is 6.61. The molecular formula is C14H14N4O3S. The average molecular weight is 318 g/mol. The van der Waals surface area contributed by atoms with E-state index < -0.39 is 5.56 Å². The van der Waals surface area contributed by atoms with Gasteiger partial charge in [0.05, 0.1) is 11.8 Å². The fraction of sp³-hybridized carbons (Fsp3) is 0.214. The van der Waals surface area contributed by atoms with Crippen LogP contribution in [0.5, 0.6) is 11.6 Å². The van der Waals surface area contributed by atoms with Crippen molar-refractivity contribution < 1.29 is 10.2 Å². The van der Waals surface area contributed by atoms with Crippen LogP contribution in [-0.2, 0) is 7.05 Å². The molecule has 0 aliphatic carbocycles. The van der Waals surface area contributed by atoms with Crippen LogP contribution in [0.3, 0.4) is 0 Å². The fourth-order valence-electron chi connectivity index (χ4n) is 2.40. The maximum atomic E-state index is 12.1. The summed E-state index contributed by atoms with van der Waals surface area (Å²) in [5, 5.41) is 23.8. The summed E-state index contributed by atoms with van der Waals surface area (Å²) in [7, 11) is 1.56. The van der Waals surface area contributed by atoms with Crippen molar-refractivity contribution in [2.24, 2.45) is 12.1 Å². The normalized spacial score (nSPS) is 17.1. The van der Waals surface area contributed by atoms with Gasteiger partial charge in [0.2, 0.25) is 5.88 Å². The molecular weight excluding hydrogens is 304 g/mol. The molecule has 4 N–H and O–H groups in total. The molecule has 1 aliphatic rings. The molecule has 0 saturated heterocycles. The zero-order valence-electron chi connectivity index (χ0n) is 11.7. The van der Waals surface area contributed by atoms with E-state index in [0.717, 1.165) is 5.56 Å². The topological polar surface area (TPSA) is 103 Å². The van der Waals surface area contributed by atoms with Crippen LogP contribution in [0.25, 0.3) is 0 Å². The highest BCUT2D eigenvalue weighted by Crippen LogP contribution is 2.27. The van der Waals surface area contributed by atoms with Crippen molar-refractivity contribution in [3.8, 4) is 11.6 Å². The maximum Gasteiger partial charge on any atom is 0.264 e. The molecule has 3 rings (SSSR count). The molecule has 0 saturated carbocycles. The summed E-state index contributed by atoms with van der Waals surface area (Å²) in [5.74, 6) is -0.0545. The Hall–Kier alpha value is -2.61. The number of phenolic OH excluding ortho intramolecular Hbond substituents is 1. The Labute approximate surface area is 130 Å². The summed E-state index contributed by atoms with van der Waals surface area (Å²) < 4.78 is 1.46. The minimum absolute atomic E-state index is 0.103. The van der Waals surface area contributed by atoms with Crippen molar-refractivity contribution in [3.05, 3.63) is 50.5 Å². The van der Waals surface area contributed by atoms with E-state index in [9.17, 15) is 15.0 Å². The van der Waals surface area contributed by atoms with E-state index in [1.165, 1.54) is 4.57 Å². The third kappa shape index (κ3) is 2.37. The summed E-state index contributed by atoms with van der Waals surface area (Å²) in [6.07, 6.45) is 0.414. The first-order valence-corrected chi connectivity index (χ1v) is 7.02. The maximum absolute atomic E-state index is 12.1. The molecule has 1 aromatic heterocycles. The van der Waals surface area contributed by atoms with Crippen molar-refractivity contribution in [1.82, 2.24) is 15.0 Å². The van der Waals surface area contributed by atoms with Gasteiger partial charge in [-0.05, 0) is 29.9 Å². The molecule has 22 heavy (non-hydrogen) atoms. The Morgan fingerprint density at radius 3 is 2.91 bits per heavy atom. The smallest absolute Gasteiger partial charge is 0.264 e. The Morgan fingerprint density at radius 1 is 1.41 bits per heavy atom. The first-order chi connectivity index (χ1) is 10.5. The van der Waals surface area contributed by atoms with Gasteiger partial charge in [-0.3, -0.25) is 14.3 Å². The molecule has 0 bridgehead atoms. The monoisotopic (exact) mass is 318 g/mol. The van der Waals surface area contributed by atoms with Gasteiger partial charge in [0.25, 0.3) is 5.56 Å². The summed E-state index contributed by atoms with van der Waals surface area (Å²) in [4.78, 5) is 14.6. The minimum atomic E-state index is -0.474. The molecule has 0 spiro atoms. The number of hydrazone groups is 1. The third-order valence-corrected chi connectivity index (χ3v) is 3.98. The van der Waals surface area contributed by atoms with Gasteiger partial charge in [0, 0.05) is 13.5 Å². The number of aromatic hydroxyl groups is 2. The molecule has 8 heteroatoms. The van der Waals surface area contributed by atoms with E-state index in [-0.39, 0.29) is 28.0 Å². The van der Waals surface area contributed by atoms with Crippen LogP contribution < -0.4 is 11.0 Å². The van der Waals surface area contributed by atoms with Crippen LogP contribution in [0.1, 0.15) is 23.6 Å². The predicted molar refractivity (Wildman–Crippen MR) is 83.7 cm³/mol. The van der Waals surface area contributed by atoms with Crippen LogP contribution in [0.15, 0.2) is 34.2 Å². The van der Waals surface area contributed by atoms with E-state index >= 15 is 0 Å².